The summed E-state index contributed by atoms with van der Waals surface area (Å²) in [5.74, 6) is 0.733. The molecule has 1 amide bonds. The van der Waals surface area contributed by atoms with Gasteiger partial charge in [-0.25, -0.2) is 0 Å². The largest absolute Gasteiger partial charge is 0.497 e. The molecule has 2 unspecified atom stereocenters. The lowest BCUT2D eigenvalue weighted by atomic mass is 10.1. The highest BCUT2D eigenvalue weighted by molar-refractivity contribution is 5.95. The molecule has 1 fully saturated rings. The van der Waals surface area contributed by atoms with Crippen molar-refractivity contribution < 1.29 is 9.53 Å². The molecule has 4 heteroatoms. The van der Waals surface area contributed by atoms with Gasteiger partial charge in [0.15, 0.2) is 0 Å². The molecule has 1 aliphatic heterocycles. The van der Waals surface area contributed by atoms with E-state index in [-0.39, 0.29) is 18.0 Å². The summed E-state index contributed by atoms with van der Waals surface area (Å²) in [5, 5.41) is 0. The van der Waals surface area contributed by atoms with Crippen LogP contribution in [0.3, 0.4) is 0 Å². The summed E-state index contributed by atoms with van der Waals surface area (Å²) in [6, 6.07) is 7.42. The topological polar surface area (TPSA) is 55.6 Å². The van der Waals surface area contributed by atoms with Crippen LogP contribution in [0.4, 0.5) is 0 Å². The van der Waals surface area contributed by atoms with Gasteiger partial charge in [-0.1, -0.05) is 6.07 Å². The average Bonchev–Trinajstić information content (AvgIpc) is 2.69. The van der Waals surface area contributed by atoms with Crippen molar-refractivity contribution in [3.8, 4) is 5.75 Å². The molecule has 17 heavy (non-hydrogen) atoms. The number of likely N-dealkylation sites (tertiary alicyclic amines) is 1. The minimum absolute atomic E-state index is 0.0318. The van der Waals surface area contributed by atoms with E-state index in [0.29, 0.717) is 11.3 Å². The van der Waals surface area contributed by atoms with E-state index in [0.717, 1.165) is 13.0 Å². The summed E-state index contributed by atoms with van der Waals surface area (Å²) in [4.78, 5) is 14.1. The molecule has 2 rings (SSSR count). The Kier molecular flexibility index (Phi) is 3.33. The quantitative estimate of drug-likeness (QED) is 0.838. The molecule has 2 N–H and O–H groups in total. The summed E-state index contributed by atoms with van der Waals surface area (Å²) < 4.78 is 5.12. The van der Waals surface area contributed by atoms with Gasteiger partial charge in [0, 0.05) is 24.2 Å². The monoisotopic (exact) mass is 234 g/mol. The molecule has 1 aromatic carbocycles. The lowest BCUT2D eigenvalue weighted by molar-refractivity contribution is 0.0742. The molecule has 92 valence electrons. The lowest BCUT2D eigenvalue weighted by Crippen LogP contribution is -2.40. The first kappa shape index (κ1) is 11.9. The molecule has 1 aromatic rings. The van der Waals surface area contributed by atoms with E-state index < -0.39 is 0 Å². The lowest BCUT2D eigenvalue weighted by Gasteiger charge is -2.23. The number of nitrogens with two attached hydrogens (primary N) is 1. The maximum atomic E-state index is 12.3. The van der Waals surface area contributed by atoms with Gasteiger partial charge in [0.05, 0.1) is 7.11 Å². The summed E-state index contributed by atoms with van der Waals surface area (Å²) in [5.41, 5.74) is 6.58. The van der Waals surface area contributed by atoms with Crippen LogP contribution in [0, 0.1) is 0 Å². The molecule has 0 saturated carbocycles. The van der Waals surface area contributed by atoms with E-state index in [4.69, 9.17) is 10.5 Å². The van der Waals surface area contributed by atoms with Crippen LogP contribution in [0.1, 0.15) is 23.7 Å². The highest BCUT2D eigenvalue weighted by Gasteiger charge is 2.31. The van der Waals surface area contributed by atoms with Gasteiger partial charge in [0.1, 0.15) is 5.75 Å². The van der Waals surface area contributed by atoms with Gasteiger partial charge < -0.3 is 15.4 Å². The second-order valence-electron chi connectivity index (χ2n) is 4.42. The fourth-order valence-electron chi connectivity index (χ4n) is 2.17. The van der Waals surface area contributed by atoms with Gasteiger partial charge in [-0.05, 0) is 31.5 Å². The number of ether oxygens (including phenoxy) is 1. The third-order valence-corrected chi connectivity index (χ3v) is 3.39. The van der Waals surface area contributed by atoms with Gasteiger partial charge in [0.2, 0.25) is 0 Å². The summed E-state index contributed by atoms with van der Waals surface area (Å²) in [7, 11) is 1.60. The molecule has 4 nitrogen and oxygen atoms in total. The van der Waals surface area contributed by atoms with Crippen LogP contribution in [-0.4, -0.2) is 36.5 Å². The Morgan fingerprint density at radius 2 is 2.29 bits per heavy atom. The molecule has 0 aliphatic carbocycles. The Bertz CT molecular complexity index is 420. The van der Waals surface area contributed by atoms with Crippen molar-refractivity contribution >= 4 is 5.91 Å². The summed E-state index contributed by atoms with van der Waals surface area (Å²) >= 11 is 0. The summed E-state index contributed by atoms with van der Waals surface area (Å²) in [6.07, 6.45) is 0.872. The molecule has 0 spiro atoms. The fraction of sp³-hybridized carbons (Fsp3) is 0.462. The van der Waals surface area contributed by atoms with Crippen molar-refractivity contribution in [3.05, 3.63) is 29.8 Å². The highest BCUT2D eigenvalue weighted by atomic mass is 16.5. The number of carbonyl (C=O) groups is 1. The first-order valence-corrected chi connectivity index (χ1v) is 5.84. The minimum Gasteiger partial charge on any atom is -0.497 e. The minimum atomic E-state index is 0.0318. The Hall–Kier alpha value is -1.55. The molecule has 0 radical (unpaired) electrons. The Labute approximate surface area is 101 Å². The molecule has 0 aromatic heterocycles. The van der Waals surface area contributed by atoms with Gasteiger partial charge in [-0.15, -0.1) is 0 Å². The number of nitrogens with zero attached hydrogens (tertiary/aromatic N) is 1. The van der Waals surface area contributed by atoms with Crippen molar-refractivity contribution in [2.24, 2.45) is 5.73 Å². The molecule has 0 bridgehead atoms. The predicted molar refractivity (Wildman–Crippen MR) is 66.1 cm³/mol. The zero-order valence-corrected chi connectivity index (χ0v) is 10.2. The number of hydrogen-bond acceptors (Lipinski definition) is 3. The van der Waals surface area contributed by atoms with Crippen LogP contribution in [0.5, 0.6) is 5.75 Å². The van der Waals surface area contributed by atoms with Gasteiger partial charge in [0.25, 0.3) is 5.91 Å². The molecular formula is C13H18N2O2. The van der Waals surface area contributed by atoms with Crippen LogP contribution in [0.15, 0.2) is 24.3 Å². The van der Waals surface area contributed by atoms with Crippen LogP contribution in [-0.2, 0) is 0 Å². The van der Waals surface area contributed by atoms with Crippen LogP contribution in [0.2, 0.25) is 0 Å². The zero-order valence-electron chi connectivity index (χ0n) is 10.2. The van der Waals surface area contributed by atoms with Crippen LogP contribution in [0.25, 0.3) is 0 Å². The summed E-state index contributed by atoms with van der Waals surface area (Å²) in [6.45, 7) is 2.73. The average molecular weight is 234 g/mol. The Morgan fingerprint density at radius 3 is 2.88 bits per heavy atom. The maximum Gasteiger partial charge on any atom is 0.254 e. The van der Waals surface area contributed by atoms with Crippen molar-refractivity contribution in [2.75, 3.05) is 13.7 Å². The van der Waals surface area contributed by atoms with Crippen molar-refractivity contribution in [3.63, 3.8) is 0 Å². The van der Waals surface area contributed by atoms with E-state index in [2.05, 4.69) is 0 Å². The normalized spacial score (nSPS) is 23.8. The second-order valence-corrected chi connectivity index (χ2v) is 4.42. The van der Waals surface area contributed by atoms with E-state index in [1.165, 1.54) is 0 Å². The Balaban J connectivity index is 2.19. The van der Waals surface area contributed by atoms with Crippen LogP contribution >= 0.6 is 0 Å². The van der Waals surface area contributed by atoms with Gasteiger partial charge in [-0.3, -0.25) is 4.79 Å². The zero-order chi connectivity index (χ0) is 12.4. The first-order chi connectivity index (χ1) is 8.13. The van der Waals surface area contributed by atoms with E-state index >= 15 is 0 Å². The van der Waals surface area contributed by atoms with Crippen molar-refractivity contribution in [1.29, 1.82) is 0 Å². The Morgan fingerprint density at radius 1 is 1.53 bits per heavy atom. The molecule has 2 atom stereocenters. The first-order valence-electron chi connectivity index (χ1n) is 5.84. The third-order valence-electron chi connectivity index (χ3n) is 3.39. The van der Waals surface area contributed by atoms with Gasteiger partial charge in [-0.2, -0.15) is 0 Å². The number of carbonyl (C=O) groups excluding carboxylic acids is 1. The number of amides is 1. The fourth-order valence-corrected chi connectivity index (χ4v) is 2.17. The van der Waals surface area contributed by atoms with E-state index in [9.17, 15) is 4.79 Å². The van der Waals surface area contributed by atoms with E-state index in [1.54, 1.807) is 19.2 Å². The SMILES string of the molecule is COc1cccc(C(=O)N2CCC(N)C2C)c1. The molecular weight excluding hydrogens is 216 g/mol. The number of hydrogen-bond donors (Lipinski definition) is 1. The molecule has 1 aliphatic rings. The highest BCUT2D eigenvalue weighted by Crippen LogP contribution is 2.21. The smallest absolute Gasteiger partial charge is 0.254 e. The van der Waals surface area contributed by atoms with Crippen molar-refractivity contribution in [1.82, 2.24) is 4.90 Å². The van der Waals surface area contributed by atoms with E-state index in [1.807, 2.05) is 24.0 Å². The number of rotatable bonds is 2. The van der Waals surface area contributed by atoms with Crippen molar-refractivity contribution in [2.45, 2.75) is 25.4 Å². The number of methoxy groups -OCH3 is 1. The maximum absolute atomic E-state index is 12.3. The number of benzene rings is 1. The second kappa shape index (κ2) is 4.75. The third kappa shape index (κ3) is 2.26. The van der Waals surface area contributed by atoms with Gasteiger partial charge >= 0.3 is 0 Å². The van der Waals surface area contributed by atoms with Crippen LogP contribution < -0.4 is 10.5 Å². The molecule has 1 heterocycles. The molecule has 1 saturated heterocycles. The standard InChI is InChI=1S/C13H18N2O2/c1-9-12(14)6-7-15(9)13(16)10-4-3-5-11(8-10)17-2/h3-5,8-9,12H,6-7,14H2,1-2H3. The predicted octanol–water partition coefficient (Wildman–Crippen LogP) is 1.26.